The number of ketones is 1. The molecule has 0 saturated heterocycles. The van der Waals surface area contributed by atoms with Crippen LogP contribution in [0.15, 0.2) is 34.5 Å². The van der Waals surface area contributed by atoms with Crippen molar-refractivity contribution in [2.45, 2.75) is 26.7 Å². The van der Waals surface area contributed by atoms with E-state index in [1.54, 1.807) is 32.0 Å². The van der Waals surface area contributed by atoms with Gasteiger partial charge < -0.3 is 4.74 Å². The van der Waals surface area contributed by atoms with E-state index in [1.807, 2.05) is 0 Å². The summed E-state index contributed by atoms with van der Waals surface area (Å²) < 4.78 is 4.88. The second-order valence-corrected chi connectivity index (χ2v) is 5.65. The summed E-state index contributed by atoms with van der Waals surface area (Å²) in [5.41, 5.74) is 1.75. The molecule has 116 valence electrons. The molecule has 0 aliphatic carbocycles. The number of halogens is 2. The second kappa shape index (κ2) is 7.07. The summed E-state index contributed by atoms with van der Waals surface area (Å²) >= 11 is 12.3. The van der Waals surface area contributed by atoms with Crippen LogP contribution < -0.4 is 0 Å². The van der Waals surface area contributed by atoms with Crippen molar-refractivity contribution >= 4 is 40.7 Å². The van der Waals surface area contributed by atoms with Crippen molar-refractivity contribution in [1.29, 1.82) is 0 Å². The third kappa shape index (κ3) is 3.57. The number of hydrogen-bond acceptors (Lipinski definition) is 4. The van der Waals surface area contributed by atoms with Crippen molar-refractivity contribution in [3.8, 4) is 0 Å². The minimum atomic E-state index is -0.622. The molecule has 0 bridgehead atoms. The summed E-state index contributed by atoms with van der Waals surface area (Å²) in [7, 11) is 0. The van der Waals surface area contributed by atoms with Gasteiger partial charge in [-0.1, -0.05) is 29.3 Å². The molecule has 0 spiro atoms. The lowest BCUT2D eigenvalue weighted by molar-refractivity contribution is -0.140. The van der Waals surface area contributed by atoms with Crippen LogP contribution in [0.25, 0.3) is 0 Å². The van der Waals surface area contributed by atoms with Gasteiger partial charge in [0.1, 0.15) is 5.57 Å². The highest BCUT2D eigenvalue weighted by molar-refractivity contribution is 6.36. The molecule has 0 aromatic heterocycles. The van der Waals surface area contributed by atoms with Gasteiger partial charge in [-0.05, 0) is 31.5 Å². The molecule has 1 aliphatic rings. The Bertz CT molecular complexity index is 672. The fourth-order valence-electron chi connectivity index (χ4n) is 2.28. The predicted molar refractivity (Wildman–Crippen MR) is 86.6 cm³/mol. The van der Waals surface area contributed by atoms with Crippen molar-refractivity contribution in [2.24, 2.45) is 4.99 Å². The molecule has 1 aromatic carbocycles. The maximum atomic E-state index is 12.2. The average Bonchev–Trinajstić information content (AvgIpc) is 2.42. The van der Waals surface area contributed by atoms with Crippen molar-refractivity contribution in [1.82, 2.24) is 0 Å². The van der Waals surface area contributed by atoms with Gasteiger partial charge in [-0.25, -0.2) is 4.79 Å². The molecule has 0 atom stereocenters. The first kappa shape index (κ1) is 16.7. The highest BCUT2D eigenvalue weighted by Gasteiger charge is 2.28. The summed E-state index contributed by atoms with van der Waals surface area (Å²) in [4.78, 5) is 28.3. The topological polar surface area (TPSA) is 55.7 Å². The largest absolute Gasteiger partial charge is 0.462 e. The summed E-state index contributed by atoms with van der Waals surface area (Å²) in [6.07, 6.45) is 0.435. The first-order valence-corrected chi connectivity index (χ1v) is 7.60. The van der Waals surface area contributed by atoms with Gasteiger partial charge in [0, 0.05) is 22.2 Å². The molecule has 0 radical (unpaired) electrons. The van der Waals surface area contributed by atoms with Crippen LogP contribution >= 0.6 is 23.2 Å². The predicted octanol–water partition coefficient (Wildman–Crippen LogP) is 3.79. The summed E-state index contributed by atoms with van der Waals surface area (Å²) in [6.45, 7) is 3.53. The van der Waals surface area contributed by atoms with Crippen molar-refractivity contribution in [3.05, 3.63) is 45.1 Å². The highest BCUT2D eigenvalue weighted by Crippen LogP contribution is 2.27. The molecule has 0 saturated carbocycles. The molecule has 1 aliphatic heterocycles. The van der Waals surface area contributed by atoms with Gasteiger partial charge in [0.25, 0.3) is 0 Å². The molecule has 0 unspecified atom stereocenters. The van der Waals surface area contributed by atoms with Gasteiger partial charge >= 0.3 is 5.97 Å². The number of benzene rings is 1. The van der Waals surface area contributed by atoms with Crippen LogP contribution in [0.5, 0.6) is 0 Å². The molecule has 0 amide bonds. The van der Waals surface area contributed by atoms with Crippen molar-refractivity contribution in [2.75, 3.05) is 6.61 Å². The molecule has 0 N–H and O–H groups in total. The normalized spacial score (nSPS) is 14.9. The zero-order chi connectivity index (χ0) is 16.3. The van der Waals surface area contributed by atoms with Gasteiger partial charge in [0.05, 0.1) is 18.7 Å². The van der Waals surface area contributed by atoms with E-state index in [2.05, 4.69) is 4.99 Å². The Morgan fingerprint density at radius 3 is 2.50 bits per heavy atom. The van der Waals surface area contributed by atoms with E-state index in [-0.39, 0.29) is 24.4 Å². The fraction of sp³-hybridized carbons (Fsp3) is 0.312. The number of aliphatic imine (C=N–C) groups is 1. The molecular weight excluding hydrogens is 325 g/mol. The van der Waals surface area contributed by atoms with Crippen LogP contribution in [-0.2, 0) is 20.7 Å². The van der Waals surface area contributed by atoms with Crippen molar-refractivity contribution < 1.29 is 14.3 Å². The number of nitrogens with zero attached hydrogens (tertiary/aromatic N) is 1. The summed E-state index contributed by atoms with van der Waals surface area (Å²) in [6, 6.07) is 5.23. The average molecular weight is 340 g/mol. The van der Waals surface area contributed by atoms with E-state index in [0.29, 0.717) is 27.9 Å². The van der Waals surface area contributed by atoms with Gasteiger partial charge in [0.2, 0.25) is 0 Å². The number of ether oxygens (including phenoxy) is 1. The zero-order valence-corrected chi connectivity index (χ0v) is 13.8. The molecule has 1 aromatic rings. The number of carbonyl (C=O) groups is 2. The Labute approximate surface area is 138 Å². The maximum Gasteiger partial charge on any atom is 0.343 e. The van der Waals surface area contributed by atoms with Gasteiger partial charge in [-0.2, -0.15) is 0 Å². The molecule has 2 rings (SSSR count). The lowest BCUT2D eigenvalue weighted by atomic mass is 9.96. The second-order valence-electron chi connectivity index (χ2n) is 4.84. The number of hydrogen-bond donors (Lipinski definition) is 0. The third-order valence-electron chi connectivity index (χ3n) is 3.25. The Kier molecular flexibility index (Phi) is 5.37. The van der Waals surface area contributed by atoms with Gasteiger partial charge in [-0.3, -0.25) is 9.79 Å². The highest BCUT2D eigenvalue weighted by atomic mass is 35.5. The van der Waals surface area contributed by atoms with Gasteiger partial charge in [-0.15, -0.1) is 0 Å². The molecule has 0 fully saturated rings. The summed E-state index contributed by atoms with van der Waals surface area (Å²) in [5.74, 6) is -0.910. The summed E-state index contributed by atoms with van der Waals surface area (Å²) in [5, 5.41) is 1.06. The Hall–Kier alpha value is -1.65. The standard InChI is InChI=1S/C16H15Cl2NO3/c1-3-22-16(21)15-9(2)19-10(8-14(15)20)7-11-12(17)5-4-6-13(11)18/h4-6H,3,7-8H2,1-2H3. The first-order valence-electron chi connectivity index (χ1n) is 6.84. The Morgan fingerprint density at radius 1 is 1.32 bits per heavy atom. The van der Waals surface area contributed by atoms with Gasteiger partial charge in [0.15, 0.2) is 5.78 Å². The van der Waals surface area contributed by atoms with E-state index in [0.717, 1.165) is 5.56 Å². The first-order chi connectivity index (χ1) is 10.4. The molecule has 1 heterocycles. The number of esters is 1. The quantitative estimate of drug-likeness (QED) is 0.619. The maximum absolute atomic E-state index is 12.2. The number of allylic oxidation sites excluding steroid dienone is 1. The smallest absolute Gasteiger partial charge is 0.343 e. The fourth-order valence-corrected chi connectivity index (χ4v) is 2.81. The third-order valence-corrected chi connectivity index (χ3v) is 3.96. The van der Waals surface area contributed by atoms with Crippen LogP contribution in [0.3, 0.4) is 0 Å². The minimum Gasteiger partial charge on any atom is -0.462 e. The van der Waals surface area contributed by atoms with E-state index in [1.165, 1.54) is 0 Å². The lowest BCUT2D eigenvalue weighted by Crippen LogP contribution is -2.24. The van der Waals surface area contributed by atoms with E-state index >= 15 is 0 Å². The lowest BCUT2D eigenvalue weighted by Gasteiger charge is -2.16. The van der Waals surface area contributed by atoms with Crippen LogP contribution in [0.1, 0.15) is 25.8 Å². The van der Waals surface area contributed by atoms with Crippen LogP contribution in [0.4, 0.5) is 0 Å². The zero-order valence-electron chi connectivity index (χ0n) is 12.3. The molecular formula is C16H15Cl2NO3. The number of carbonyl (C=O) groups excluding carboxylic acids is 2. The number of Topliss-reactive ketones (excluding diaryl/α,β-unsaturated/α-hetero) is 1. The molecule has 22 heavy (non-hydrogen) atoms. The number of rotatable bonds is 4. The van der Waals surface area contributed by atoms with E-state index in [4.69, 9.17) is 27.9 Å². The SMILES string of the molecule is CCOC(=O)C1=C(C)N=C(Cc2c(Cl)cccc2Cl)CC1=O. The van der Waals surface area contributed by atoms with Crippen LogP contribution in [-0.4, -0.2) is 24.1 Å². The Balaban J connectivity index is 2.30. The minimum absolute atomic E-state index is 0.0239. The van der Waals surface area contributed by atoms with Crippen LogP contribution in [0, 0.1) is 0 Å². The van der Waals surface area contributed by atoms with Crippen LogP contribution in [0.2, 0.25) is 10.0 Å². The molecule has 6 heteroatoms. The Morgan fingerprint density at radius 2 is 1.95 bits per heavy atom. The molecule has 4 nitrogen and oxygen atoms in total. The van der Waals surface area contributed by atoms with E-state index in [9.17, 15) is 9.59 Å². The van der Waals surface area contributed by atoms with Crippen molar-refractivity contribution in [3.63, 3.8) is 0 Å². The monoisotopic (exact) mass is 339 g/mol. The van der Waals surface area contributed by atoms with E-state index < -0.39 is 5.97 Å².